The summed E-state index contributed by atoms with van der Waals surface area (Å²) in [5.74, 6) is -0.0174. The highest BCUT2D eigenvalue weighted by atomic mass is 32.1. The fourth-order valence-corrected chi connectivity index (χ4v) is 2.20. The molecule has 2 aromatic rings. The number of nitrogens with one attached hydrogen (secondary N) is 1. The molecule has 0 fully saturated rings. The van der Waals surface area contributed by atoms with Crippen molar-refractivity contribution in [3.63, 3.8) is 0 Å². The van der Waals surface area contributed by atoms with Gasteiger partial charge in [0.15, 0.2) is 5.82 Å². The third-order valence-corrected chi connectivity index (χ3v) is 3.54. The van der Waals surface area contributed by atoms with Gasteiger partial charge >= 0.3 is 5.76 Å². The highest BCUT2D eigenvalue weighted by Crippen LogP contribution is 2.33. The van der Waals surface area contributed by atoms with Gasteiger partial charge in [0, 0.05) is 4.88 Å². The average molecular weight is 224 g/mol. The molecule has 2 rings (SSSR count). The maximum Gasteiger partial charge on any atom is 0.439 e. The summed E-state index contributed by atoms with van der Waals surface area (Å²) in [6.07, 6.45) is 0. The normalized spacial score (nSPS) is 11.9. The van der Waals surface area contributed by atoms with Crippen molar-refractivity contribution < 1.29 is 4.52 Å². The van der Waals surface area contributed by atoms with E-state index in [2.05, 4.69) is 35.4 Å². The lowest BCUT2D eigenvalue weighted by molar-refractivity contribution is 0.388. The van der Waals surface area contributed by atoms with E-state index in [0.717, 1.165) is 4.88 Å². The minimum Gasteiger partial charge on any atom is -0.296 e. The maximum atomic E-state index is 10.8. The van der Waals surface area contributed by atoms with Crippen molar-refractivity contribution in [2.45, 2.75) is 26.2 Å². The molecule has 4 nitrogen and oxygen atoms in total. The van der Waals surface area contributed by atoms with Gasteiger partial charge < -0.3 is 0 Å². The molecule has 0 radical (unpaired) electrons. The quantitative estimate of drug-likeness (QED) is 0.809. The fourth-order valence-electron chi connectivity index (χ4n) is 1.20. The minimum absolute atomic E-state index is 0.118. The van der Waals surface area contributed by atoms with Gasteiger partial charge in [0.05, 0.1) is 4.88 Å². The maximum absolute atomic E-state index is 10.8. The molecule has 0 saturated heterocycles. The lowest BCUT2D eigenvalue weighted by atomic mass is 9.95. The highest BCUT2D eigenvalue weighted by molar-refractivity contribution is 7.15. The average Bonchev–Trinajstić information content (AvgIpc) is 2.69. The molecule has 0 bridgehead atoms. The zero-order valence-electron chi connectivity index (χ0n) is 8.83. The summed E-state index contributed by atoms with van der Waals surface area (Å²) in [4.78, 5) is 15.5. The monoisotopic (exact) mass is 224 g/mol. The van der Waals surface area contributed by atoms with Crippen molar-refractivity contribution in [2.75, 3.05) is 0 Å². The molecule has 0 aromatic carbocycles. The number of aromatic nitrogens is 2. The lowest BCUT2D eigenvalue weighted by Crippen LogP contribution is -2.07. The zero-order chi connectivity index (χ0) is 11.1. The van der Waals surface area contributed by atoms with E-state index in [0.29, 0.717) is 5.82 Å². The van der Waals surface area contributed by atoms with Crippen LogP contribution >= 0.6 is 11.3 Å². The van der Waals surface area contributed by atoms with Crippen molar-refractivity contribution in [2.24, 2.45) is 0 Å². The molecule has 0 aliphatic rings. The molecule has 0 spiro atoms. The molecule has 0 aliphatic carbocycles. The topological polar surface area (TPSA) is 58.9 Å². The summed E-state index contributed by atoms with van der Waals surface area (Å²) >= 11 is 1.61. The number of H-pyrrole nitrogens is 1. The van der Waals surface area contributed by atoms with Crippen LogP contribution < -0.4 is 5.76 Å². The molecule has 80 valence electrons. The van der Waals surface area contributed by atoms with Crippen LogP contribution in [0.2, 0.25) is 0 Å². The molecule has 5 heteroatoms. The predicted molar refractivity (Wildman–Crippen MR) is 59.1 cm³/mol. The van der Waals surface area contributed by atoms with Crippen molar-refractivity contribution in [3.8, 4) is 10.7 Å². The number of thiophene rings is 1. The van der Waals surface area contributed by atoms with E-state index in [9.17, 15) is 4.79 Å². The van der Waals surface area contributed by atoms with Crippen LogP contribution in [-0.4, -0.2) is 10.1 Å². The summed E-state index contributed by atoms with van der Waals surface area (Å²) in [5, 5.41) is 3.65. The molecule has 0 aliphatic heterocycles. The number of hydrogen-bond donors (Lipinski definition) is 1. The molecule has 2 heterocycles. The third kappa shape index (κ3) is 2.02. The first-order valence-corrected chi connectivity index (χ1v) is 5.45. The second kappa shape index (κ2) is 3.34. The number of hydrogen-bond acceptors (Lipinski definition) is 4. The van der Waals surface area contributed by atoms with Crippen molar-refractivity contribution >= 4 is 11.3 Å². The van der Waals surface area contributed by atoms with Gasteiger partial charge in [-0.15, -0.1) is 11.3 Å². The lowest BCUT2D eigenvalue weighted by Gasteiger charge is -2.15. The molecule has 15 heavy (non-hydrogen) atoms. The fraction of sp³-hybridized carbons (Fsp3) is 0.400. The second-order valence-corrected chi connectivity index (χ2v) is 5.44. The Morgan fingerprint density at radius 3 is 2.60 bits per heavy atom. The van der Waals surface area contributed by atoms with E-state index in [1.54, 1.807) is 11.3 Å². The van der Waals surface area contributed by atoms with E-state index in [4.69, 9.17) is 0 Å². The van der Waals surface area contributed by atoms with Crippen LogP contribution in [-0.2, 0) is 5.41 Å². The van der Waals surface area contributed by atoms with E-state index in [1.807, 2.05) is 12.1 Å². The zero-order valence-corrected chi connectivity index (χ0v) is 9.64. The number of rotatable bonds is 1. The van der Waals surface area contributed by atoms with E-state index in [-0.39, 0.29) is 5.41 Å². The molecule has 2 aromatic heterocycles. The number of aromatic amines is 1. The summed E-state index contributed by atoms with van der Waals surface area (Å²) in [6.45, 7) is 6.44. The second-order valence-electron chi connectivity index (χ2n) is 4.36. The largest absolute Gasteiger partial charge is 0.439 e. The Hall–Kier alpha value is -1.36. The van der Waals surface area contributed by atoms with Gasteiger partial charge in [-0.3, -0.25) is 9.51 Å². The van der Waals surface area contributed by atoms with E-state index < -0.39 is 5.76 Å². The van der Waals surface area contributed by atoms with Crippen LogP contribution in [0, 0.1) is 0 Å². The predicted octanol–water partition coefficient (Wildman–Crippen LogP) is 2.39. The van der Waals surface area contributed by atoms with Crippen LogP contribution in [0.4, 0.5) is 0 Å². The number of nitrogens with zero attached hydrogens (tertiary/aromatic N) is 1. The summed E-state index contributed by atoms with van der Waals surface area (Å²) in [6, 6.07) is 3.99. The van der Waals surface area contributed by atoms with Crippen LogP contribution in [0.15, 0.2) is 21.5 Å². The van der Waals surface area contributed by atoms with Crippen molar-refractivity contribution in [3.05, 3.63) is 27.6 Å². The first-order chi connectivity index (χ1) is 6.97. The van der Waals surface area contributed by atoms with Crippen LogP contribution in [0.1, 0.15) is 25.6 Å². The Morgan fingerprint density at radius 1 is 1.40 bits per heavy atom. The van der Waals surface area contributed by atoms with Crippen LogP contribution in [0.5, 0.6) is 0 Å². The molecule has 0 amide bonds. The molecule has 0 atom stereocenters. The summed E-state index contributed by atoms with van der Waals surface area (Å²) < 4.78 is 4.46. The molecule has 0 unspecified atom stereocenters. The van der Waals surface area contributed by atoms with Gasteiger partial charge in [0.2, 0.25) is 0 Å². The van der Waals surface area contributed by atoms with Crippen LogP contribution in [0.25, 0.3) is 10.7 Å². The Balaban J connectivity index is 2.40. The Labute approximate surface area is 90.9 Å². The summed E-state index contributed by atoms with van der Waals surface area (Å²) in [5.41, 5.74) is 0.118. The van der Waals surface area contributed by atoms with Crippen LogP contribution in [0.3, 0.4) is 0 Å². The first kappa shape index (κ1) is 10.2. The third-order valence-electron chi connectivity index (χ3n) is 2.02. The molecule has 1 N–H and O–H groups in total. The minimum atomic E-state index is -0.518. The van der Waals surface area contributed by atoms with Crippen molar-refractivity contribution in [1.29, 1.82) is 0 Å². The molecule has 0 saturated carbocycles. The Kier molecular flexibility index (Phi) is 2.26. The smallest absolute Gasteiger partial charge is 0.296 e. The van der Waals surface area contributed by atoms with Gasteiger partial charge in [0.1, 0.15) is 0 Å². The Morgan fingerprint density at radius 2 is 2.13 bits per heavy atom. The molecular weight excluding hydrogens is 212 g/mol. The summed E-state index contributed by atoms with van der Waals surface area (Å²) in [7, 11) is 0. The van der Waals surface area contributed by atoms with Gasteiger partial charge in [0.25, 0.3) is 0 Å². The van der Waals surface area contributed by atoms with E-state index in [1.165, 1.54) is 4.88 Å². The highest BCUT2D eigenvalue weighted by Gasteiger charge is 2.17. The van der Waals surface area contributed by atoms with Gasteiger partial charge in [-0.2, -0.15) is 0 Å². The van der Waals surface area contributed by atoms with Gasteiger partial charge in [-0.1, -0.05) is 25.9 Å². The first-order valence-electron chi connectivity index (χ1n) is 4.63. The van der Waals surface area contributed by atoms with Gasteiger partial charge in [-0.25, -0.2) is 4.79 Å². The van der Waals surface area contributed by atoms with Gasteiger partial charge in [-0.05, 0) is 17.5 Å². The standard InChI is InChI=1S/C10H12N2O2S/c1-10(2,3)7-5-4-6(15-7)8-11-9(13)14-12-8/h4-5H,1-3H3,(H,11,12,13). The molecular formula is C10H12N2O2S. The Bertz CT molecular complexity index is 516. The SMILES string of the molecule is CC(C)(C)c1ccc(-c2noc(=O)[nH]2)s1. The van der Waals surface area contributed by atoms with Crippen molar-refractivity contribution in [1.82, 2.24) is 10.1 Å². The van der Waals surface area contributed by atoms with E-state index >= 15 is 0 Å².